The Morgan fingerprint density at radius 1 is 1.43 bits per heavy atom. The van der Waals surface area contributed by atoms with Crippen LogP contribution in [0.3, 0.4) is 0 Å². The van der Waals surface area contributed by atoms with E-state index in [4.69, 9.17) is 4.74 Å². The predicted octanol–water partition coefficient (Wildman–Crippen LogP) is 1.55. The summed E-state index contributed by atoms with van der Waals surface area (Å²) in [5, 5.41) is 18.8. The number of nitrogens with zero attached hydrogens (tertiary/aromatic N) is 6. The van der Waals surface area contributed by atoms with E-state index in [9.17, 15) is 18.9 Å². The number of rotatable bonds is 4. The second-order valence-electron chi connectivity index (χ2n) is 7.24. The molecule has 5 rings (SSSR count). The fourth-order valence-corrected chi connectivity index (χ4v) is 3.69. The van der Waals surface area contributed by atoms with Crippen molar-refractivity contribution in [3.63, 3.8) is 0 Å². The van der Waals surface area contributed by atoms with Crippen molar-refractivity contribution in [3.05, 3.63) is 52.2 Å². The molecule has 9 nitrogen and oxygen atoms in total. The van der Waals surface area contributed by atoms with Crippen LogP contribution in [0, 0.1) is 21.7 Å². The Kier molecular flexibility index (Phi) is 3.33. The molecule has 4 atom stereocenters. The first-order valence-corrected chi connectivity index (χ1v) is 8.58. The van der Waals surface area contributed by atoms with E-state index in [0.717, 1.165) is 12.1 Å². The van der Waals surface area contributed by atoms with Crippen molar-refractivity contribution in [2.45, 2.75) is 30.7 Å². The van der Waals surface area contributed by atoms with Gasteiger partial charge in [-0.05, 0) is 25.1 Å². The van der Waals surface area contributed by atoms with E-state index >= 15 is 0 Å². The number of benzene rings is 1. The molecule has 3 heterocycles. The number of ether oxygens (including phenoxy) is 1. The second-order valence-corrected chi connectivity index (χ2v) is 7.24. The van der Waals surface area contributed by atoms with Gasteiger partial charge < -0.3 is 9.64 Å². The first kappa shape index (κ1) is 16.8. The van der Waals surface area contributed by atoms with Gasteiger partial charge in [0, 0.05) is 22.8 Å². The maximum atomic E-state index is 13.9. The molecule has 11 heteroatoms. The summed E-state index contributed by atoms with van der Waals surface area (Å²) in [7, 11) is 0. The predicted molar refractivity (Wildman–Crippen MR) is 92.7 cm³/mol. The molecule has 0 amide bonds. The minimum atomic E-state index is -0.735. The monoisotopic (exact) mass is 388 g/mol. The molecule has 1 aromatic carbocycles. The molecular weight excluding hydrogens is 374 g/mol. The smallest absolute Gasteiger partial charge is 0.289 e. The zero-order chi connectivity index (χ0) is 19.6. The molecule has 28 heavy (non-hydrogen) atoms. The lowest BCUT2D eigenvalue weighted by Gasteiger charge is -2.17. The Morgan fingerprint density at radius 2 is 2.25 bits per heavy atom. The van der Waals surface area contributed by atoms with Gasteiger partial charge in [0.1, 0.15) is 29.0 Å². The van der Waals surface area contributed by atoms with Crippen LogP contribution < -0.4 is 0 Å². The van der Waals surface area contributed by atoms with Crippen LogP contribution in [0.15, 0.2) is 35.5 Å². The molecule has 0 N–H and O–H groups in total. The highest BCUT2D eigenvalue weighted by Gasteiger charge is 2.71. The summed E-state index contributed by atoms with van der Waals surface area (Å²) in [6.45, 7) is 2.27. The summed E-state index contributed by atoms with van der Waals surface area (Å²) in [5.41, 5.74) is -0.329. The molecule has 3 unspecified atom stereocenters. The maximum Gasteiger partial charge on any atom is 0.289 e. The average Bonchev–Trinajstić information content (AvgIpc) is 2.92. The Balaban J connectivity index is 1.31. The van der Waals surface area contributed by atoms with Crippen LogP contribution in [0.1, 0.15) is 6.92 Å². The number of fused-ring (bicyclic) bond motifs is 3. The first-order valence-electron chi connectivity index (χ1n) is 8.58. The Morgan fingerprint density at radius 3 is 3.00 bits per heavy atom. The molecule has 2 fully saturated rings. The van der Waals surface area contributed by atoms with E-state index in [2.05, 4.69) is 15.3 Å². The van der Waals surface area contributed by atoms with Crippen molar-refractivity contribution in [2.24, 2.45) is 4.99 Å². The van der Waals surface area contributed by atoms with Crippen LogP contribution in [0.25, 0.3) is 17.5 Å². The topological polar surface area (TPSA) is 98.7 Å². The van der Waals surface area contributed by atoms with E-state index in [1.165, 1.54) is 16.9 Å². The second kappa shape index (κ2) is 5.57. The lowest BCUT2D eigenvalue weighted by Crippen LogP contribution is -2.33. The van der Waals surface area contributed by atoms with E-state index in [-0.39, 0.29) is 28.3 Å². The highest BCUT2D eigenvalue weighted by molar-refractivity contribution is 5.81. The molecule has 0 bridgehead atoms. The molecule has 1 aromatic heterocycles. The molecule has 1 aliphatic carbocycles. The number of hydrogen-bond donors (Lipinski definition) is 0. The molecule has 144 valence electrons. The third kappa shape index (κ3) is 2.53. The highest BCUT2D eigenvalue weighted by Crippen LogP contribution is 2.44. The number of amidine groups is 1. The van der Waals surface area contributed by atoms with Crippen molar-refractivity contribution in [1.82, 2.24) is 19.9 Å². The minimum Gasteiger partial charge on any atom is -0.453 e. The average molecular weight is 388 g/mol. The zero-order valence-electron chi connectivity index (χ0n) is 14.6. The minimum absolute atomic E-state index is 0.143. The lowest BCUT2D eigenvalue weighted by molar-refractivity contribution is -0.498. The third-order valence-electron chi connectivity index (χ3n) is 5.12. The molecule has 2 aromatic rings. The van der Waals surface area contributed by atoms with Crippen molar-refractivity contribution >= 4 is 12.2 Å². The lowest BCUT2D eigenvalue weighted by atomic mass is 10.1. The molecule has 1 saturated heterocycles. The van der Waals surface area contributed by atoms with Crippen molar-refractivity contribution in [1.29, 1.82) is 0 Å². The summed E-state index contributed by atoms with van der Waals surface area (Å²) in [6.07, 6.45) is 4.85. The van der Waals surface area contributed by atoms with Gasteiger partial charge in [-0.1, -0.05) is 5.21 Å². The van der Waals surface area contributed by atoms with Gasteiger partial charge in [-0.25, -0.2) is 18.5 Å². The zero-order valence-corrected chi connectivity index (χ0v) is 14.6. The van der Waals surface area contributed by atoms with E-state index in [1.54, 1.807) is 12.3 Å². The molecular formula is C17H14F2N6O3. The number of nitro groups is 1. The summed E-state index contributed by atoms with van der Waals surface area (Å²) in [5.74, 6) is -1.39. The van der Waals surface area contributed by atoms with Crippen LogP contribution in [-0.2, 0) is 4.74 Å². The van der Waals surface area contributed by atoms with Gasteiger partial charge in [0.2, 0.25) is 0 Å². The van der Waals surface area contributed by atoms with E-state index in [0.29, 0.717) is 12.6 Å². The number of halogens is 2. The van der Waals surface area contributed by atoms with Gasteiger partial charge >= 0.3 is 0 Å². The van der Waals surface area contributed by atoms with Crippen LogP contribution in [0.4, 0.5) is 8.78 Å². The molecule has 0 spiro atoms. The molecule has 3 aliphatic rings. The fraction of sp³-hybridized carbons (Fsp3) is 0.353. The van der Waals surface area contributed by atoms with Gasteiger partial charge in [0.15, 0.2) is 6.04 Å². The standard InChI is InChI=1S/C17H14F2N6O3/c1-17(8-24-14-13(15(14)25(26)27)20-16(24)28-17)4-5-23-7-12(21-22-23)10-3-2-9(18)6-11(10)19/h2-7,13-15H,8H2,1H3/b5-4+/t13?,14?,15?,17-/m0/s1. The van der Waals surface area contributed by atoms with Crippen LogP contribution in [0.5, 0.6) is 0 Å². The number of hydrogen-bond acceptors (Lipinski definition) is 7. The first-order chi connectivity index (χ1) is 13.3. The van der Waals surface area contributed by atoms with Gasteiger partial charge in [0.05, 0.1) is 12.7 Å². The van der Waals surface area contributed by atoms with Crippen molar-refractivity contribution in [3.8, 4) is 11.3 Å². The van der Waals surface area contributed by atoms with Crippen molar-refractivity contribution < 1.29 is 18.4 Å². The van der Waals surface area contributed by atoms with Gasteiger partial charge in [-0.2, -0.15) is 0 Å². The van der Waals surface area contributed by atoms with Crippen molar-refractivity contribution in [2.75, 3.05) is 6.54 Å². The number of aliphatic imine (C=N–C) groups is 1. The van der Waals surface area contributed by atoms with Gasteiger partial charge in [0.25, 0.3) is 12.1 Å². The third-order valence-corrected chi connectivity index (χ3v) is 5.12. The van der Waals surface area contributed by atoms with Gasteiger partial charge in [-0.3, -0.25) is 10.1 Å². The summed E-state index contributed by atoms with van der Waals surface area (Å²) < 4.78 is 34.2. The summed E-state index contributed by atoms with van der Waals surface area (Å²) in [4.78, 5) is 16.8. The van der Waals surface area contributed by atoms with Gasteiger partial charge in [-0.15, -0.1) is 5.10 Å². The highest BCUT2D eigenvalue weighted by atomic mass is 19.1. The molecule has 1 saturated carbocycles. The van der Waals surface area contributed by atoms with E-state index in [1.807, 2.05) is 11.8 Å². The summed E-state index contributed by atoms with van der Waals surface area (Å²) in [6, 6.07) is 2.44. The molecule has 0 radical (unpaired) electrons. The maximum absolute atomic E-state index is 13.9. The van der Waals surface area contributed by atoms with Crippen LogP contribution in [0.2, 0.25) is 0 Å². The van der Waals surface area contributed by atoms with Crippen LogP contribution in [-0.4, -0.2) is 61.1 Å². The largest absolute Gasteiger partial charge is 0.453 e. The Hall–Kier alpha value is -3.37. The summed E-state index contributed by atoms with van der Waals surface area (Å²) >= 11 is 0. The Labute approximate surface area is 157 Å². The van der Waals surface area contributed by atoms with E-state index < -0.39 is 23.3 Å². The van der Waals surface area contributed by atoms with Crippen LogP contribution >= 0.6 is 0 Å². The Bertz CT molecular complexity index is 1050. The SMILES string of the molecule is C[C@]1(/C=C/n2cc(-c3ccc(F)cc3F)nn2)CN2C(=NC3C2C3[N+](=O)[O-])O1. The quantitative estimate of drug-likeness (QED) is 0.582. The fourth-order valence-electron chi connectivity index (χ4n) is 3.69. The number of aromatic nitrogens is 3. The normalized spacial score (nSPS) is 30.2. The molecule has 2 aliphatic heterocycles.